The number of fused-ring (bicyclic) bond motifs is 1. The average molecular weight is 335 g/mol. The second kappa shape index (κ2) is 6.32. The number of nitrogens with zero attached hydrogens (tertiary/aromatic N) is 2. The molecule has 126 valence electrons. The molecule has 0 saturated carbocycles. The molecule has 6 heteroatoms. The van der Waals surface area contributed by atoms with Gasteiger partial charge in [-0.3, -0.25) is 9.78 Å². The van der Waals surface area contributed by atoms with Crippen molar-refractivity contribution in [2.24, 2.45) is 0 Å². The van der Waals surface area contributed by atoms with Gasteiger partial charge in [0.2, 0.25) is 0 Å². The first-order chi connectivity index (χ1) is 12.3. The summed E-state index contributed by atoms with van der Waals surface area (Å²) in [6.45, 7) is 0.365. The Bertz CT molecular complexity index is 892. The fraction of sp³-hybridized carbons (Fsp3) is 0.158. The summed E-state index contributed by atoms with van der Waals surface area (Å²) in [5.74, 6) is 1.40. The van der Waals surface area contributed by atoms with Crippen molar-refractivity contribution >= 4 is 11.6 Å². The summed E-state index contributed by atoms with van der Waals surface area (Å²) in [7, 11) is 1.62. The molecule has 2 aromatic heterocycles. The molecule has 3 aromatic rings. The number of nitrogens with one attached hydrogen (secondary N) is 1. The molecule has 1 atom stereocenters. The van der Waals surface area contributed by atoms with Crippen LogP contribution >= 0.6 is 0 Å². The second-order valence-corrected chi connectivity index (χ2v) is 5.73. The smallest absolute Gasteiger partial charge is 0.258 e. The lowest BCUT2D eigenvalue weighted by molar-refractivity contribution is 0.0714. The monoisotopic (exact) mass is 335 g/mol. The van der Waals surface area contributed by atoms with Crippen molar-refractivity contribution in [1.29, 1.82) is 0 Å². The van der Waals surface area contributed by atoms with E-state index in [2.05, 4.69) is 10.3 Å². The molecule has 1 aliphatic heterocycles. The highest BCUT2D eigenvalue weighted by Crippen LogP contribution is 2.34. The molecule has 1 N–H and O–H groups in total. The number of ether oxygens (including phenoxy) is 1. The van der Waals surface area contributed by atoms with E-state index in [1.807, 2.05) is 36.4 Å². The summed E-state index contributed by atoms with van der Waals surface area (Å²) in [4.78, 5) is 19.0. The minimum Gasteiger partial charge on any atom is -0.497 e. The number of hydrogen-bond donors (Lipinski definition) is 1. The van der Waals surface area contributed by atoms with E-state index in [0.717, 1.165) is 17.2 Å². The van der Waals surface area contributed by atoms with Crippen molar-refractivity contribution < 1.29 is 13.9 Å². The van der Waals surface area contributed by atoms with Crippen LogP contribution in [0.25, 0.3) is 0 Å². The van der Waals surface area contributed by atoms with E-state index in [-0.39, 0.29) is 12.1 Å². The van der Waals surface area contributed by atoms with Crippen molar-refractivity contribution in [1.82, 2.24) is 9.88 Å². The first-order valence-corrected chi connectivity index (χ1v) is 7.95. The zero-order valence-electron chi connectivity index (χ0n) is 13.7. The number of carbonyl (C=O) groups excluding carboxylic acids is 1. The third-order valence-corrected chi connectivity index (χ3v) is 4.18. The highest BCUT2D eigenvalue weighted by atomic mass is 16.5. The van der Waals surface area contributed by atoms with Crippen LogP contribution in [0, 0.1) is 0 Å². The lowest BCUT2D eigenvalue weighted by Crippen LogP contribution is -2.31. The van der Waals surface area contributed by atoms with E-state index in [4.69, 9.17) is 9.15 Å². The van der Waals surface area contributed by atoms with Gasteiger partial charge in [0.05, 0.1) is 31.2 Å². The minimum atomic E-state index is -0.374. The van der Waals surface area contributed by atoms with Crippen LogP contribution in [0.3, 0.4) is 0 Å². The van der Waals surface area contributed by atoms with Gasteiger partial charge in [0.25, 0.3) is 5.91 Å². The molecule has 6 nitrogen and oxygen atoms in total. The predicted octanol–water partition coefficient (Wildman–Crippen LogP) is 3.45. The normalized spacial score (nSPS) is 16.0. The Kier molecular flexibility index (Phi) is 3.85. The van der Waals surface area contributed by atoms with E-state index in [1.165, 1.54) is 0 Å². The third-order valence-electron chi connectivity index (χ3n) is 4.18. The third kappa shape index (κ3) is 2.82. The van der Waals surface area contributed by atoms with E-state index in [9.17, 15) is 4.79 Å². The maximum absolute atomic E-state index is 12.8. The van der Waals surface area contributed by atoms with Gasteiger partial charge in [-0.05, 0) is 36.4 Å². The van der Waals surface area contributed by atoms with Crippen LogP contribution in [-0.4, -0.2) is 22.9 Å². The van der Waals surface area contributed by atoms with Crippen LogP contribution in [0.2, 0.25) is 0 Å². The summed E-state index contributed by atoms with van der Waals surface area (Å²) in [6, 6.07) is 14.8. The largest absolute Gasteiger partial charge is 0.497 e. The lowest BCUT2D eigenvalue weighted by atomic mass is 10.2. The Labute approximate surface area is 145 Å². The lowest BCUT2D eigenvalue weighted by Gasteiger charge is -2.25. The molecule has 3 heterocycles. The molecule has 0 aliphatic carbocycles. The van der Waals surface area contributed by atoms with Crippen molar-refractivity contribution in [3.05, 3.63) is 78.0 Å². The first-order valence-electron chi connectivity index (χ1n) is 7.95. The molecule has 0 fully saturated rings. The number of benzene rings is 1. The van der Waals surface area contributed by atoms with Crippen LogP contribution in [0.5, 0.6) is 5.75 Å². The van der Waals surface area contributed by atoms with E-state index >= 15 is 0 Å². The summed E-state index contributed by atoms with van der Waals surface area (Å²) in [6.07, 6.45) is 2.93. The molecule has 1 unspecified atom stereocenters. The topological polar surface area (TPSA) is 67.6 Å². The SMILES string of the molecule is COc1cccc(NC2c3ncccc3C(=O)N2Cc2ccco2)c1. The number of carbonyl (C=O) groups is 1. The summed E-state index contributed by atoms with van der Waals surface area (Å²) >= 11 is 0. The van der Waals surface area contributed by atoms with Gasteiger partial charge in [0.15, 0.2) is 0 Å². The highest BCUT2D eigenvalue weighted by Gasteiger charge is 2.38. The number of rotatable bonds is 5. The number of anilines is 1. The highest BCUT2D eigenvalue weighted by molar-refractivity contribution is 5.98. The maximum atomic E-state index is 12.8. The number of furan rings is 1. The zero-order chi connectivity index (χ0) is 17.2. The molecule has 1 amide bonds. The second-order valence-electron chi connectivity index (χ2n) is 5.73. The van der Waals surface area contributed by atoms with Crippen molar-refractivity contribution in [2.75, 3.05) is 12.4 Å². The van der Waals surface area contributed by atoms with E-state index < -0.39 is 0 Å². The zero-order valence-corrected chi connectivity index (χ0v) is 13.7. The number of hydrogen-bond acceptors (Lipinski definition) is 5. The fourth-order valence-electron chi connectivity index (χ4n) is 2.99. The Morgan fingerprint density at radius 1 is 1.24 bits per heavy atom. The Morgan fingerprint density at radius 3 is 2.96 bits per heavy atom. The molecule has 0 radical (unpaired) electrons. The van der Waals surface area contributed by atoms with Gasteiger partial charge in [0.1, 0.15) is 17.7 Å². The standard InChI is InChI=1S/C19H17N3O3/c1-24-14-6-2-5-13(11-14)21-18-17-16(8-3-9-20-17)19(23)22(18)12-15-7-4-10-25-15/h2-11,18,21H,12H2,1H3. The van der Waals surface area contributed by atoms with Gasteiger partial charge < -0.3 is 19.4 Å². The molecule has 1 aliphatic rings. The Morgan fingerprint density at radius 2 is 2.16 bits per heavy atom. The summed E-state index contributed by atoms with van der Waals surface area (Å²) in [5, 5.41) is 3.39. The number of amides is 1. The van der Waals surface area contributed by atoms with Crippen LogP contribution in [-0.2, 0) is 6.54 Å². The molecule has 25 heavy (non-hydrogen) atoms. The number of methoxy groups -OCH3 is 1. The Hall–Kier alpha value is -3.28. The molecule has 0 saturated heterocycles. The van der Waals surface area contributed by atoms with E-state index in [1.54, 1.807) is 36.6 Å². The van der Waals surface area contributed by atoms with Crippen LogP contribution in [0.1, 0.15) is 28.0 Å². The number of pyridine rings is 1. The summed E-state index contributed by atoms with van der Waals surface area (Å²) in [5.41, 5.74) is 2.16. The van der Waals surface area contributed by atoms with Crippen LogP contribution in [0.4, 0.5) is 5.69 Å². The molecular formula is C19H17N3O3. The van der Waals surface area contributed by atoms with Crippen LogP contribution < -0.4 is 10.1 Å². The van der Waals surface area contributed by atoms with Crippen molar-refractivity contribution in [3.63, 3.8) is 0 Å². The van der Waals surface area contributed by atoms with E-state index in [0.29, 0.717) is 17.8 Å². The van der Waals surface area contributed by atoms with Gasteiger partial charge in [-0.25, -0.2) is 0 Å². The molecule has 4 rings (SSSR count). The predicted molar refractivity (Wildman–Crippen MR) is 92.2 cm³/mol. The van der Waals surface area contributed by atoms with Crippen molar-refractivity contribution in [3.8, 4) is 5.75 Å². The maximum Gasteiger partial charge on any atom is 0.258 e. The quantitative estimate of drug-likeness (QED) is 0.773. The Balaban J connectivity index is 1.68. The molecule has 0 spiro atoms. The molecular weight excluding hydrogens is 318 g/mol. The summed E-state index contributed by atoms with van der Waals surface area (Å²) < 4.78 is 10.7. The number of aromatic nitrogens is 1. The van der Waals surface area contributed by atoms with Gasteiger partial charge in [-0.1, -0.05) is 6.07 Å². The van der Waals surface area contributed by atoms with Crippen LogP contribution in [0.15, 0.2) is 65.4 Å². The van der Waals surface area contributed by atoms with Gasteiger partial charge >= 0.3 is 0 Å². The minimum absolute atomic E-state index is 0.0695. The van der Waals surface area contributed by atoms with Gasteiger partial charge in [0, 0.05) is 18.0 Å². The van der Waals surface area contributed by atoms with Gasteiger partial charge in [-0.2, -0.15) is 0 Å². The first kappa shape index (κ1) is 15.3. The average Bonchev–Trinajstić information content (AvgIpc) is 3.25. The van der Waals surface area contributed by atoms with Gasteiger partial charge in [-0.15, -0.1) is 0 Å². The molecule has 1 aromatic carbocycles. The fourth-order valence-corrected chi connectivity index (χ4v) is 2.99. The molecule has 0 bridgehead atoms. The van der Waals surface area contributed by atoms with Crippen molar-refractivity contribution in [2.45, 2.75) is 12.7 Å².